The van der Waals surface area contributed by atoms with Crippen molar-refractivity contribution < 1.29 is 9.21 Å². The van der Waals surface area contributed by atoms with E-state index in [1.807, 2.05) is 42.3 Å². The van der Waals surface area contributed by atoms with Crippen molar-refractivity contribution in [1.29, 1.82) is 0 Å². The maximum absolute atomic E-state index is 12.4. The van der Waals surface area contributed by atoms with Gasteiger partial charge in [-0.1, -0.05) is 53.8 Å². The Morgan fingerprint density at radius 1 is 1.14 bits per heavy atom. The number of hydrogen-bond acceptors (Lipinski definition) is 7. The van der Waals surface area contributed by atoms with Crippen molar-refractivity contribution >= 4 is 38.6 Å². The summed E-state index contributed by atoms with van der Waals surface area (Å²) in [5.41, 5.74) is 2.17. The summed E-state index contributed by atoms with van der Waals surface area (Å²) in [5, 5.41) is 11.9. The lowest BCUT2D eigenvalue weighted by Crippen LogP contribution is -2.24. The number of nitrogens with one attached hydrogen (secondary N) is 1. The molecule has 1 amide bonds. The molecule has 1 N–H and O–H groups in total. The second-order valence-electron chi connectivity index (χ2n) is 6.20. The SMILES string of the molecule is CN(Cc1ccccc1)c1nnc(NC(=O)Cn2c(=O)oc3ccccc32)s1. The zero-order chi connectivity index (χ0) is 19.5. The number of fused-ring (bicyclic) bond motifs is 1. The van der Waals surface area contributed by atoms with E-state index in [1.54, 1.807) is 24.3 Å². The lowest BCUT2D eigenvalue weighted by atomic mass is 10.2. The molecule has 0 saturated carbocycles. The van der Waals surface area contributed by atoms with Gasteiger partial charge in [0.25, 0.3) is 0 Å². The maximum atomic E-state index is 12.4. The first-order valence-electron chi connectivity index (χ1n) is 8.57. The van der Waals surface area contributed by atoms with Crippen molar-refractivity contribution in [3.05, 3.63) is 70.7 Å². The van der Waals surface area contributed by atoms with Gasteiger partial charge in [-0.3, -0.25) is 14.7 Å². The van der Waals surface area contributed by atoms with E-state index >= 15 is 0 Å². The minimum Gasteiger partial charge on any atom is -0.408 e. The van der Waals surface area contributed by atoms with Gasteiger partial charge in [-0.2, -0.15) is 0 Å². The van der Waals surface area contributed by atoms with Gasteiger partial charge in [0.1, 0.15) is 6.54 Å². The van der Waals surface area contributed by atoms with E-state index in [1.165, 1.54) is 15.9 Å². The number of hydrogen-bond donors (Lipinski definition) is 1. The van der Waals surface area contributed by atoms with Crippen LogP contribution in [0.2, 0.25) is 0 Å². The highest BCUT2D eigenvalue weighted by molar-refractivity contribution is 7.19. The van der Waals surface area contributed by atoms with Crippen LogP contribution in [0.3, 0.4) is 0 Å². The summed E-state index contributed by atoms with van der Waals surface area (Å²) in [4.78, 5) is 26.3. The number of carbonyl (C=O) groups excluding carboxylic acids is 1. The van der Waals surface area contributed by atoms with Crippen LogP contribution in [-0.2, 0) is 17.9 Å². The van der Waals surface area contributed by atoms with Crippen molar-refractivity contribution in [2.45, 2.75) is 13.1 Å². The average molecular weight is 395 g/mol. The lowest BCUT2D eigenvalue weighted by Gasteiger charge is -2.14. The molecule has 0 atom stereocenters. The Kier molecular flexibility index (Phi) is 4.90. The molecule has 0 unspecified atom stereocenters. The number of aromatic nitrogens is 3. The van der Waals surface area contributed by atoms with Gasteiger partial charge in [0.15, 0.2) is 5.58 Å². The Bertz CT molecular complexity index is 1170. The number of rotatable bonds is 6. The average Bonchev–Trinajstić information content (AvgIpc) is 3.27. The lowest BCUT2D eigenvalue weighted by molar-refractivity contribution is -0.116. The van der Waals surface area contributed by atoms with E-state index in [9.17, 15) is 9.59 Å². The number of benzene rings is 2. The van der Waals surface area contributed by atoms with Crippen LogP contribution in [0.5, 0.6) is 0 Å². The molecule has 0 radical (unpaired) electrons. The molecule has 0 aliphatic carbocycles. The van der Waals surface area contributed by atoms with Crippen LogP contribution in [0.4, 0.5) is 10.3 Å². The molecule has 4 aromatic rings. The maximum Gasteiger partial charge on any atom is 0.420 e. The molecule has 4 rings (SSSR count). The molecule has 0 spiro atoms. The van der Waals surface area contributed by atoms with Gasteiger partial charge >= 0.3 is 5.76 Å². The summed E-state index contributed by atoms with van der Waals surface area (Å²) in [5.74, 6) is -0.945. The van der Waals surface area contributed by atoms with Gasteiger partial charge in [0.2, 0.25) is 16.2 Å². The van der Waals surface area contributed by atoms with Crippen LogP contribution in [-0.4, -0.2) is 27.7 Å². The third kappa shape index (κ3) is 3.79. The predicted molar refractivity (Wildman–Crippen MR) is 108 cm³/mol. The largest absolute Gasteiger partial charge is 0.420 e. The summed E-state index contributed by atoms with van der Waals surface area (Å²) < 4.78 is 6.42. The van der Waals surface area contributed by atoms with E-state index in [4.69, 9.17) is 4.42 Å². The molecule has 8 nitrogen and oxygen atoms in total. The molecular formula is C19H17N5O3S. The second-order valence-corrected chi connectivity index (χ2v) is 7.16. The Morgan fingerprint density at radius 3 is 2.71 bits per heavy atom. The van der Waals surface area contributed by atoms with Gasteiger partial charge < -0.3 is 9.32 Å². The topological polar surface area (TPSA) is 93.3 Å². The molecule has 0 saturated heterocycles. The number of carbonyl (C=O) groups is 1. The number of amides is 1. The van der Waals surface area contributed by atoms with E-state index in [2.05, 4.69) is 15.5 Å². The smallest absolute Gasteiger partial charge is 0.408 e. The van der Waals surface area contributed by atoms with Crippen LogP contribution in [0.25, 0.3) is 11.1 Å². The molecule has 28 heavy (non-hydrogen) atoms. The van der Waals surface area contributed by atoms with Gasteiger partial charge in [-0.05, 0) is 17.7 Å². The Hall–Kier alpha value is -3.46. The van der Waals surface area contributed by atoms with Gasteiger partial charge in [-0.15, -0.1) is 10.2 Å². The zero-order valence-electron chi connectivity index (χ0n) is 15.0. The van der Waals surface area contributed by atoms with Crippen LogP contribution < -0.4 is 16.0 Å². The monoisotopic (exact) mass is 395 g/mol. The molecule has 0 bridgehead atoms. The summed E-state index contributed by atoms with van der Waals surface area (Å²) in [7, 11) is 1.91. The van der Waals surface area contributed by atoms with Crippen molar-refractivity contribution in [3.8, 4) is 0 Å². The first-order valence-corrected chi connectivity index (χ1v) is 9.38. The fourth-order valence-corrected chi connectivity index (χ4v) is 3.53. The predicted octanol–water partition coefficient (Wildman–Crippen LogP) is 2.72. The van der Waals surface area contributed by atoms with Gasteiger partial charge in [0.05, 0.1) is 5.52 Å². The molecule has 0 aliphatic rings. The van der Waals surface area contributed by atoms with Crippen molar-refractivity contribution in [1.82, 2.24) is 14.8 Å². The van der Waals surface area contributed by atoms with Crippen LogP contribution >= 0.6 is 11.3 Å². The molecule has 2 aromatic carbocycles. The Balaban J connectivity index is 1.43. The first kappa shape index (κ1) is 17.9. The molecular weight excluding hydrogens is 378 g/mol. The van der Waals surface area contributed by atoms with Crippen LogP contribution in [0.1, 0.15) is 5.56 Å². The number of oxazole rings is 1. The highest BCUT2D eigenvalue weighted by atomic mass is 32.1. The molecule has 9 heteroatoms. The van der Waals surface area contributed by atoms with E-state index in [0.717, 1.165) is 5.56 Å². The van der Waals surface area contributed by atoms with E-state index < -0.39 is 5.76 Å². The summed E-state index contributed by atoms with van der Waals surface area (Å²) >= 11 is 1.27. The Labute approximate surface area is 164 Å². The third-order valence-corrected chi connectivity index (χ3v) is 5.08. The molecule has 2 heterocycles. The Morgan fingerprint density at radius 2 is 1.89 bits per heavy atom. The normalized spacial score (nSPS) is 10.9. The third-order valence-electron chi connectivity index (χ3n) is 4.13. The standard InChI is InChI=1S/C19H17N5O3S/c1-23(11-13-7-3-2-4-8-13)18-22-21-17(28-18)20-16(25)12-24-14-9-5-6-10-15(14)27-19(24)26/h2-10H,11-12H2,1H3,(H,20,21,25). The number of para-hydroxylation sites is 2. The second kappa shape index (κ2) is 7.65. The molecule has 0 aliphatic heterocycles. The van der Waals surface area contributed by atoms with Gasteiger partial charge in [0, 0.05) is 13.6 Å². The van der Waals surface area contributed by atoms with Crippen LogP contribution in [0, 0.1) is 0 Å². The van der Waals surface area contributed by atoms with E-state index in [-0.39, 0.29) is 12.5 Å². The van der Waals surface area contributed by atoms with Crippen LogP contribution in [0.15, 0.2) is 63.8 Å². The quantitative estimate of drug-likeness (QED) is 0.540. The molecule has 142 valence electrons. The number of nitrogens with zero attached hydrogens (tertiary/aromatic N) is 4. The summed E-state index contributed by atoms with van der Waals surface area (Å²) in [6.45, 7) is 0.518. The highest BCUT2D eigenvalue weighted by Crippen LogP contribution is 2.24. The fraction of sp³-hybridized carbons (Fsp3) is 0.158. The van der Waals surface area contributed by atoms with E-state index in [0.29, 0.717) is 27.9 Å². The first-order chi connectivity index (χ1) is 13.6. The molecule has 2 aromatic heterocycles. The zero-order valence-corrected chi connectivity index (χ0v) is 15.8. The highest BCUT2D eigenvalue weighted by Gasteiger charge is 2.15. The molecule has 0 fully saturated rings. The minimum absolute atomic E-state index is 0.162. The van der Waals surface area contributed by atoms with Crippen molar-refractivity contribution in [2.75, 3.05) is 17.3 Å². The van der Waals surface area contributed by atoms with Gasteiger partial charge in [-0.25, -0.2) is 4.79 Å². The number of anilines is 2. The minimum atomic E-state index is -0.572. The van der Waals surface area contributed by atoms with Crippen molar-refractivity contribution in [3.63, 3.8) is 0 Å². The van der Waals surface area contributed by atoms with Crippen molar-refractivity contribution in [2.24, 2.45) is 0 Å². The fourth-order valence-electron chi connectivity index (χ4n) is 2.81. The summed E-state index contributed by atoms with van der Waals surface area (Å²) in [6.07, 6.45) is 0. The summed E-state index contributed by atoms with van der Waals surface area (Å²) in [6, 6.07) is 17.0.